The van der Waals surface area contributed by atoms with E-state index in [0.717, 1.165) is 12.0 Å². The molecular weight excluding hydrogens is 290 g/mol. The number of carbonyl (C=O) groups is 1. The summed E-state index contributed by atoms with van der Waals surface area (Å²) in [6.45, 7) is 0. The SMILES string of the molecule is Cl.NC(=O)C1CCC(N)C(c2ccc(F)cc2Cl)C1. The smallest absolute Gasteiger partial charge is 0.220 e. The molecule has 19 heavy (non-hydrogen) atoms. The van der Waals surface area contributed by atoms with Crippen molar-refractivity contribution in [2.75, 3.05) is 0 Å². The van der Waals surface area contributed by atoms with Crippen LogP contribution in [0.15, 0.2) is 18.2 Å². The molecule has 2 rings (SSSR count). The van der Waals surface area contributed by atoms with Crippen LogP contribution in [0.5, 0.6) is 0 Å². The Morgan fingerprint density at radius 2 is 2.05 bits per heavy atom. The van der Waals surface area contributed by atoms with Gasteiger partial charge in [0.15, 0.2) is 0 Å². The van der Waals surface area contributed by atoms with Crippen molar-refractivity contribution in [1.29, 1.82) is 0 Å². The lowest BCUT2D eigenvalue weighted by Crippen LogP contribution is -2.38. The summed E-state index contributed by atoms with van der Waals surface area (Å²) >= 11 is 6.04. The highest BCUT2D eigenvalue weighted by atomic mass is 35.5. The van der Waals surface area contributed by atoms with Gasteiger partial charge in [0.05, 0.1) is 0 Å². The Morgan fingerprint density at radius 1 is 1.37 bits per heavy atom. The lowest BCUT2D eigenvalue weighted by Gasteiger charge is -2.33. The molecule has 0 heterocycles. The zero-order chi connectivity index (χ0) is 13.3. The molecule has 1 fully saturated rings. The van der Waals surface area contributed by atoms with Crippen LogP contribution >= 0.6 is 24.0 Å². The van der Waals surface area contributed by atoms with Gasteiger partial charge < -0.3 is 11.5 Å². The minimum Gasteiger partial charge on any atom is -0.369 e. The van der Waals surface area contributed by atoms with E-state index in [-0.39, 0.29) is 42.0 Å². The zero-order valence-corrected chi connectivity index (χ0v) is 11.9. The zero-order valence-electron chi connectivity index (χ0n) is 10.3. The first-order valence-corrected chi connectivity index (χ1v) is 6.36. The average molecular weight is 307 g/mol. The lowest BCUT2D eigenvalue weighted by molar-refractivity contribution is -0.122. The summed E-state index contributed by atoms with van der Waals surface area (Å²) in [6.07, 6.45) is 2.03. The molecule has 3 unspecified atom stereocenters. The normalized spacial score (nSPS) is 26.6. The number of amides is 1. The number of benzene rings is 1. The standard InChI is InChI=1S/C13H16ClFN2O.ClH/c14-11-6-8(15)2-3-9(11)10-5-7(13(17)18)1-4-12(10)16;/h2-3,6-7,10,12H,1,4-5,16H2,(H2,17,18);1H. The molecule has 3 atom stereocenters. The van der Waals surface area contributed by atoms with Gasteiger partial charge in [-0.15, -0.1) is 12.4 Å². The van der Waals surface area contributed by atoms with Crippen molar-refractivity contribution >= 4 is 29.9 Å². The number of halogens is 3. The third-order valence-electron chi connectivity index (χ3n) is 3.67. The van der Waals surface area contributed by atoms with Gasteiger partial charge in [0.25, 0.3) is 0 Å². The van der Waals surface area contributed by atoms with Crippen molar-refractivity contribution in [3.8, 4) is 0 Å². The monoisotopic (exact) mass is 306 g/mol. The fourth-order valence-corrected chi connectivity index (χ4v) is 2.92. The summed E-state index contributed by atoms with van der Waals surface area (Å²) in [5, 5.41) is 0.362. The van der Waals surface area contributed by atoms with Crippen molar-refractivity contribution in [2.45, 2.75) is 31.2 Å². The summed E-state index contributed by atoms with van der Waals surface area (Å²) in [4.78, 5) is 11.3. The molecule has 0 bridgehead atoms. The highest BCUT2D eigenvalue weighted by Crippen LogP contribution is 2.38. The molecule has 1 saturated carbocycles. The second-order valence-electron chi connectivity index (χ2n) is 4.85. The van der Waals surface area contributed by atoms with E-state index in [1.807, 2.05) is 0 Å². The highest BCUT2D eigenvalue weighted by Gasteiger charge is 2.32. The third kappa shape index (κ3) is 3.59. The molecule has 1 amide bonds. The van der Waals surface area contributed by atoms with E-state index in [0.29, 0.717) is 17.9 Å². The van der Waals surface area contributed by atoms with Crippen LogP contribution in [0.25, 0.3) is 0 Å². The second kappa shape index (κ2) is 6.55. The Labute approximate surface area is 122 Å². The first kappa shape index (κ1) is 16.2. The molecule has 3 nitrogen and oxygen atoms in total. The van der Waals surface area contributed by atoms with Gasteiger partial charge in [-0.1, -0.05) is 17.7 Å². The maximum Gasteiger partial charge on any atom is 0.220 e. The summed E-state index contributed by atoms with van der Waals surface area (Å²) < 4.78 is 13.0. The van der Waals surface area contributed by atoms with Crippen LogP contribution in [0.2, 0.25) is 5.02 Å². The highest BCUT2D eigenvalue weighted by molar-refractivity contribution is 6.31. The average Bonchev–Trinajstić information content (AvgIpc) is 2.30. The first-order valence-electron chi connectivity index (χ1n) is 5.99. The van der Waals surface area contributed by atoms with E-state index >= 15 is 0 Å². The van der Waals surface area contributed by atoms with Gasteiger partial charge in [-0.25, -0.2) is 4.39 Å². The summed E-state index contributed by atoms with van der Waals surface area (Å²) in [7, 11) is 0. The van der Waals surface area contributed by atoms with Crippen LogP contribution in [0.3, 0.4) is 0 Å². The Bertz CT molecular complexity index is 470. The van der Waals surface area contributed by atoms with Crippen LogP contribution < -0.4 is 11.5 Å². The molecule has 0 radical (unpaired) electrons. The van der Waals surface area contributed by atoms with Crippen molar-refractivity contribution in [3.05, 3.63) is 34.6 Å². The molecule has 1 aliphatic carbocycles. The molecule has 4 N–H and O–H groups in total. The summed E-state index contributed by atoms with van der Waals surface area (Å²) in [5.41, 5.74) is 12.2. The summed E-state index contributed by atoms with van der Waals surface area (Å²) in [5.74, 6) is -0.884. The van der Waals surface area contributed by atoms with Gasteiger partial charge in [-0.2, -0.15) is 0 Å². The molecule has 0 saturated heterocycles. The van der Waals surface area contributed by atoms with E-state index in [1.165, 1.54) is 12.1 Å². The fraction of sp³-hybridized carbons (Fsp3) is 0.462. The van der Waals surface area contributed by atoms with Gasteiger partial charge in [0, 0.05) is 22.9 Å². The molecule has 1 aromatic carbocycles. The predicted octanol–water partition coefficient (Wildman–Crippen LogP) is 2.60. The van der Waals surface area contributed by atoms with Gasteiger partial charge >= 0.3 is 0 Å². The molecule has 0 aliphatic heterocycles. The van der Waals surface area contributed by atoms with E-state index in [1.54, 1.807) is 6.07 Å². The molecule has 6 heteroatoms. The number of carbonyl (C=O) groups excluding carboxylic acids is 1. The largest absolute Gasteiger partial charge is 0.369 e. The Morgan fingerprint density at radius 3 is 2.63 bits per heavy atom. The maximum absolute atomic E-state index is 13.0. The predicted molar refractivity (Wildman–Crippen MR) is 75.9 cm³/mol. The molecule has 106 valence electrons. The molecule has 1 aliphatic rings. The van der Waals surface area contributed by atoms with Crippen LogP contribution in [0, 0.1) is 11.7 Å². The molecule has 0 aromatic heterocycles. The Hall–Kier alpha value is -0.840. The molecule has 0 spiro atoms. The third-order valence-corrected chi connectivity index (χ3v) is 4.00. The summed E-state index contributed by atoms with van der Waals surface area (Å²) in [6, 6.07) is 4.22. The van der Waals surface area contributed by atoms with E-state index < -0.39 is 0 Å². The fourth-order valence-electron chi connectivity index (χ4n) is 2.61. The number of nitrogens with two attached hydrogens (primary N) is 2. The number of hydrogen-bond donors (Lipinski definition) is 2. The molecule has 1 aromatic rings. The van der Waals surface area contributed by atoms with Crippen LogP contribution in [-0.2, 0) is 4.79 Å². The number of primary amides is 1. The first-order chi connectivity index (χ1) is 8.49. The quantitative estimate of drug-likeness (QED) is 0.882. The van der Waals surface area contributed by atoms with Crippen LogP contribution in [0.4, 0.5) is 4.39 Å². The number of hydrogen-bond acceptors (Lipinski definition) is 2. The maximum atomic E-state index is 13.0. The van der Waals surface area contributed by atoms with E-state index in [2.05, 4.69) is 0 Å². The van der Waals surface area contributed by atoms with Crippen molar-refractivity contribution in [2.24, 2.45) is 17.4 Å². The Balaban J connectivity index is 0.00000180. The van der Waals surface area contributed by atoms with Crippen molar-refractivity contribution < 1.29 is 9.18 Å². The number of rotatable bonds is 2. The van der Waals surface area contributed by atoms with Crippen molar-refractivity contribution in [1.82, 2.24) is 0 Å². The lowest BCUT2D eigenvalue weighted by atomic mass is 9.75. The van der Waals surface area contributed by atoms with Gasteiger partial charge in [0.2, 0.25) is 5.91 Å². The van der Waals surface area contributed by atoms with Crippen LogP contribution in [0.1, 0.15) is 30.7 Å². The second-order valence-corrected chi connectivity index (χ2v) is 5.26. The van der Waals surface area contributed by atoms with Crippen LogP contribution in [-0.4, -0.2) is 11.9 Å². The minimum absolute atomic E-state index is 0. The van der Waals surface area contributed by atoms with Crippen molar-refractivity contribution in [3.63, 3.8) is 0 Å². The molecular formula is C13H17Cl2FN2O. The Kier molecular flexibility index (Phi) is 5.59. The van der Waals surface area contributed by atoms with E-state index in [9.17, 15) is 9.18 Å². The minimum atomic E-state index is -0.375. The van der Waals surface area contributed by atoms with Gasteiger partial charge in [-0.05, 0) is 37.0 Å². The van der Waals surface area contributed by atoms with Gasteiger partial charge in [0.1, 0.15) is 5.82 Å². The van der Waals surface area contributed by atoms with E-state index in [4.69, 9.17) is 23.1 Å². The topological polar surface area (TPSA) is 69.1 Å². The van der Waals surface area contributed by atoms with Gasteiger partial charge in [-0.3, -0.25) is 4.79 Å².